The van der Waals surface area contributed by atoms with Gasteiger partial charge < -0.3 is 14.4 Å². The monoisotopic (exact) mass is 418 g/mol. The molecule has 0 bridgehead atoms. The number of anilines is 1. The van der Waals surface area contributed by atoms with Gasteiger partial charge in [0, 0.05) is 6.54 Å². The van der Waals surface area contributed by atoms with E-state index in [-0.39, 0.29) is 24.2 Å². The maximum absolute atomic E-state index is 14.1. The summed E-state index contributed by atoms with van der Waals surface area (Å²) in [5.74, 6) is -0.910. The van der Waals surface area contributed by atoms with E-state index in [0.717, 1.165) is 4.90 Å². The number of rotatable bonds is 8. The van der Waals surface area contributed by atoms with Gasteiger partial charge in [0.25, 0.3) is 5.91 Å². The predicted octanol–water partition coefficient (Wildman–Crippen LogP) is 4.72. The van der Waals surface area contributed by atoms with E-state index in [2.05, 4.69) is 0 Å². The van der Waals surface area contributed by atoms with Crippen molar-refractivity contribution in [1.29, 1.82) is 5.26 Å². The molecular formula is C24H19FN2O4. The fraction of sp³-hybridized carbons (Fsp3) is 0.125. The van der Waals surface area contributed by atoms with E-state index >= 15 is 0 Å². The maximum atomic E-state index is 14.1. The second kappa shape index (κ2) is 10.6. The van der Waals surface area contributed by atoms with Crippen LogP contribution in [0.15, 0.2) is 78.9 Å². The molecule has 0 saturated heterocycles. The molecule has 0 aliphatic carbocycles. The molecule has 6 nitrogen and oxygen atoms in total. The van der Waals surface area contributed by atoms with E-state index in [4.69, 9.17) is 14.7 Å². The van der Waals surface area contributed by atoms with Crippen LogP contribution in [0.4, 0.5) is 10.1 Å². The summed E-state index contributed by atoms with van der Waals surface area (Å²) >= 11 is 0. The zero-order valence-electron chi connectivity index (χ0n) is 16.5. The number of hydrogen-bond acceptors (Lipinski definition) is 5. The number of nitriles is 1. The van der Waals surface area contributed by atoms with Crippen LogP contribution in [0.1, 0.15) is 16.8 Å². The Bertz CT molecular complexity index is 1100. The smallest absolute Gasteiger partial charge is 0.338 e. The first-order valence-corrected chi connectivity index (χ1v) is 9.50. The van der Waals surface area contributed by atoms with E-state index in [9.17, 15) is 14.0 Å². The summed E-state index contributed by atoms with van der Waals surface area (Å²) in [5, 5.41) is 8.83. The Morgan fingerprint density at radius 2 is 1.65 bits per heavy atom. The zero-order valence-corrected chi connectivity index (χ0v) is 16.5. The number of para-hydroxylation sites is 2. The van der Waals surface area contributed by atoms with Crippen molar-refractivity contribution in [1.82, 2.24) is 0 Å². The van der Waals surface area contributed by atoms with Gasteiger partial charge in [0.15, 0.2) is 6.61 Å². The number of hydrogen-bond donors (Lipinski definition) is 0. The molecule has 0 aromatic heterocycles. The molecule has 1 amide bonds. The topological polar surface area (TPSA) is 79.6 Å². The van der Waals surface area contributed by atoms with E-state index in [1.807, 2.05) is 24.3 Å². The first-order chi connectivity index (χ1) is 15.1. The van der Waals surface area contributed by atoms with Gasteiger partial charge in [-0.3, -0.25) is 4.79 Å². The van der Waals surface area contributed by atoms with Gasteiger partial charge in [0.1, 0.15) is 17.3 Å². The highest BCUT2D eigenvalue weighted by Gasteiger charge is 2.20. The van der Waals surface area contributed by atoms with Crippen molar-refractivity contribution in [2.24, 2.45) is 0 Å². The van der Waals surface area contributed by atoms with Crippen molar-refractivity contribution in [3.8, 4) is 17.6 Å². The Labute approximate surface area is 179 Å². The van der Waals surface area contributed by atoms with Gasteiger partial charge in [0.2, 0.25) is 0 Å². The molecule has 31 heavy (non-hydrogen) atoms. The average molecular weight is 418 g/mol. The summed E-state index contributed by atoms with van der Waals surface area (Å²) in [6.07, 6.45) is 0.00684. The lowest BCUT2D eigenvalue weighted by molar-refractivity contribution is -0.121. The molecule has 0 heterocycles. The number of ether oxygens (including phenoxy) is 2. The van der Waals surface area contributed by atoms with Gasteiger partial charge in [-0.05, 0) is 42.5 Å². The molecule has 0 radical (unpaired) electrons. The second-order valence-electron chi connectivity index (χ2n) is 6.42. The predicted molar refractivity (Wildman–Crippen MR) is 112 cm³/mol. The van der Waals surface area contributed by atoms with Gasteiger partial charge in [-0.1, -0.05) is 36.4 Å². The van der Waals surface area contributed by atoms with E-state index in [1.165, 1.54) is 30.3 Å². The third-order valence-corrected chi connectivity index (χ3v) is 4.27. The molecule has 3 rings (SSSR count). The number of carbonyl (C=O) groups is 2. The lowest BCUT2D eigenvalue weighted by Crippen LogP contribution is -2.36. The summed E-state index contributed by atoms with van der Waals surface area (Å²) in [6.45, 7) is -0.614. The molecule has 0 N–H and O–H groups in total. The van der Waals surface area contributed by atoms with E-state index < -0.39 is 24.3 Å². The molecule has 0 saturated carbocycles. The zero-order chi connectivity index (χ0) is 22.1. The molecule has 156 valence electrons. The van der Waals surface area contributed by atoms with Gasteiger partial charge in [-0.15, -0.1) is 0 Å². The van der Waals surface area contributed by atoms with Crippen molar-refractivity contribution >= 4 is 17.6 Å². The minimum atomic E-state index is -0.722. The summed E-state index contributed by atoms with van der Waals surface area (Å²) < 4.78 is 24.9. The number of nitrogens with zero attached hydrogens (tertiary/aromatic N) is 2. The van der Waals surface area contributed by atoms with Crippen molar-refractivity contribution in [2.75, 3.05) is 18.1 Å². The van der Waals surface area contributed by atoms with Gasteiger partial charge >= 0.3 is 5.97 Å². The minimum Gasteiger partial charge on any atom is -0.457 e. The molecule has 3 aromatic rings. The lowest BCUT2D eigenvalue weighted by atomic mass is 10.2. The number of benzene rings is 3. The van der Waals surface area contributed by atoms with E-state index in [0.29, 0.717) is 11.5 Å². The van der Waals surface area contributed by atoms with Crippen LogP contribution in [0.2, 0.25) is 0 Å². The summed E-state index contributed by atoms with van der Waals surface area (Å²) in [4.78, 5) is 26.1. The summed E-state index contributed by atoms with van der Waals surface area (Å²) in [5.41, 5.74) is 0.229. The molecule has 0 unspecified atom stereocenters. The van der Waals surface area contributed by atoms with Crippen LogP contribution in [0, 0.1) is 17.1 Å². The molecule has 0 atom stereocenters. The molecule has 0 spiro atoms. The number of carbonyl (C=O) groups excluding carboxylic acids is 2. The van der Waals surface area contributed by atoms with Crippen molar-refractivity contribution in [3.05, 3.63) is 90.2 Å². The maximum Gasteiger partial charge on any atom is 0.338 e. The third kappa shape index (κ3) is 5.90. The van der Waals surface area contributed by atoms with Crippen LogP contribution in [-0.2, 0) is 9.53 Å². The second-order valence-corrected chi connectivity index (χ2v) is 6.42. The van der Waals surface area contributed by atoms with Gasteiger partial charge in [-0.25, -0.2) is 9.18 Å². The van der Waals surface area contributed by atoms with Gasteiger partial charge in [0.05, 0.1) is 23.7 Å². The Hall–Kier alpha value is -4.18. The highest BCUT2D eigenvalue weighted by Crippen LogP contribution is 2.22. The standard InChI is InChI=1S/C24H19FN2O4/c25-21-12-4-5-13-22(21)27(15-7-14-26)23(28)17-30-24(29)18-8-6-11-20(16-18)31-19-9-2-1-3-10-19/h1-6,8-13,16H,7,15,17H2. The quantitative estimate of drug-likeness (QED) is 0.495. The van der Waals surface area contributed by atoms with Crippen molar-refractivity contribution in [3.63, 3.8) is 0 Å². The van der Waals surface area contributed by atoms with Crippen molar-refractivity contribution in [2.45, 2.75) is 6.42 Å². The molecule has 7 heteroatoms. The van der Waals surface area contributed by atoms with Crippen molar-refractivity contribution < 1.29 is 23.5 Å². The van der Waals surface area contributed by atoms with Crippen LogP contribution >= 0.6 is 0 Å². The summed E-state index contributed by atoms with van der Waals surface area (Å²) in [6, 6.07) is 23.1. The van der Waals surface area contributed by atoms with Crippen LogP contribution in [0.3, 0.4) is 0 Å². The highest BCUT2D eigenvalue weighted by molar-refractivity contribution is 5.97. The highest BCUT2D eigenvalue weighted by atomic mass is 19.1. The molecule has 0 fully saturated rings. The van der Waals surface area contributed by atoms with E-state index in [1.54, 1.807) is 30.3 Å². The van der Waals surface area contributed by atoms with Crippen LogP contribution in [-0.4, -0.2) is 25.0 Å². The SMILES string of the molecule is N#CCCN(C(=O)COC(=O)c1cccc(Oc2ccccc2)c1)c1ccccc1F. The first kappa shape index (κ1) is 21.5. The average Bonchev–Trinajstić information content (AvgIpc) is 2.79. The Morgan fingerprint density at radius 3 is 2.39 bits per heavy atom. The molecular weight excluding hydrogens is 399 g/mol. The number of esters is 1. The van der Waals surface area contributed by atoms with Crippen LogP contribution < -0.4 is 9.64 Å². The molecule has 0 aliphatic rings. The fourth-order valence-corrected chi connectivity index (χ4v) is 2.81. The van der Waals surface area contributed by atoms with Gasteiger partial charge in [-0.2, -0.15) is 5.26 Å². The molecule has 3 aromatic carbocycles. The minimum absolute atomic E-state index is 0.00684. The normalized spacial score (nSPS) is 10.1. The number of amides is 1. The largest absolute Gasteiger partial charge is 0.457 e. The van der Waals surface area contributed by atoms with Crippen LogP contribution in [0.25, 0.3) is 0 Å². The Balaban J connectivity index is 1.66. The first-order valence-electron chi connectivity index (χ1n) is 9.50. The number of halogens is 1. The Kier molecular flexibility index (Phi) is 7.33. The summed E-state index contributed by atoms with van der Waals surface area (Å²) in [7, 11) is 0. The fourth-order valence-electron chi connectivity index (χ4n) is 2.81. The van der Waals surface area contributed by atoms with Crippen LogP contribution in [0.5, 0.6) is 11.5 Å². The molecule has 0 aliphatic heterocycles. The lowest BCUT2D eigenvalue weighted by Gasteiger charge is -2.22. The Morgan fingerprint density at radius 1 is 0.935 bits per heavy atom. The third-order valence-electron chi connectivity index (χ3n) is 4.27.